The molecule has 0 bridgehead atoms. The molecule has 0 aliphatic rings. The van der Waals surface area contributed by atoms with Crippen molar-refractivity contribution in [2.75, 3.05) is 4.90 Å². The molecular weight excluding hydrogens is 639 g/mol. The van der Waals surface area contributed by atoms with E-state index in [1.807, 2.05) is 30.3 Å². The van der Waals surface area contributed by atoms with Crippen molar-refractivity contribution in [3.05, 3.63) is 176 Å². The minimum Gasteiger partial charge on any atom is -0.456 e. The Morgan fingerprint density at radius 1 is 0.308 bits per heavy atom. The first-order valence-corrected chi connectivity index (χ1v) is 17.5. The molecule has 0 aliphatic heterocycles. The number of fused-ring (bicyclic) bond motifs is 9. The Morgan fingerprint density at radius 3 is 1.62 bits per heavy atom. The maximum atomic E-state index is 6.58. The van der Waals surface area contributed by atoms with Crippen molar-refractivity contribution in [1.29, 1.82) is 0 Å². The van der Waals surface area contributed by atoms with Crippen molar-refractivity contribution in [3.63, 3.8) is 0 Å². The molecule has 3 aromatic heterocycles. The minimum absolute atomic E-state index is 0.841. The lowest BCUT2D eigenvalue weighted by Gasteiger charge is -2.25. The molecule has 4 heteroatoms. The molecule has 0 aliphatic carbocycles. The molecule has 244 valence electrons. The van der Waals surface area contributed by atoms with Crippen LogP contribution in [-0.2, 0) is 0 Å². The molecule has 0 amide bonds. The first-order chi connectivity index (χ1) is 25.8. The average Bonchev–Trinajstić information content (AvgIpc) is 3.89. The van der Waals surface area contributed by atoms with Gasteiger partial charge in [0.1, 0.15) is 33.5 Å². The molecule has 0 N–H and O–H groups in total. The summed E-state index contributed by atoms with van der Waals surface area (Å²) in [7, 11) is 0. The molecule has 0 unspecified atom stereocenters. The molecule has 0 fully saturated rings. The summed E-state index contributed by atoms with van der Waals surface area (Å²) in [6.45, 7) is 0. The van der Waals surface area contributed by atoms with Gasteiger partial charge >= 0.3 is 0 Å². The predicted octanol–water partition coefficient (Wildman–Crippen LogP) is 14.2. The molecular formula is C48H29NO3. The zero-order valence-corrected chi connectivity index (χ0v) is 27.9. The molecule has 11 rings (SSSR count). The molecule has 3 heterocycles. The van der Waals surface area contributed by atoms with Gasteiger partial charge in [0.25, 0.3) is 0 Å². The largest absolute Gasteiger partial charge is 0.456 e. The second kappa shape index (κ2) is 11.2. The van der Waals surface area contributed by atoms with Crippen LogP contribution in [0.3, 0.4) is 0 Å². The lowest BCUT2D eigenvalue weighted by molar-refractivity contribution is 0.668. The summed E-state index contributed by atoms with van der Waals surface area (Å²) >= 11 is 0. The van der Waals surface area contributed by atoms with Crippen LogP contribution in [0.4, 0.5) is 17.1 Å². The minimum atomic E-state index is 0.841. The van der Waals surface area contributed by atoms with Gasteiger partial charge in [0.2, 0.25) is 0 Å². The average molecular weight is 668 g/mol. The normalized spacial score (nSPS) is 11.8. The maximum Gasteiger partial charge on any atom is 0.143 e. The summed E-state index contributed by atoms with van der Waals surface area (Å²) in [6.07, 6.45) is 0. The number of para-hydroxylation sites is 4. The summed E-state index contributed by atoms with van der Waals surface area (Å²) < 4.78 is 19.5. The summed E-state index contributed by atoms with van der Waals surface area (Å²) in [4.78, 5) is 2.25. The number of furan rings is 3. The number of hydrogen-bond donors (Lipinski definition) is 0. The van der Waals surface area contributed by atoms with E-state index in [2.05, 4.69) is 150 Å². The van der Waals surface area contributed by atoms with Gasteiger partial charge in [-0.15, -0.1) is 0 Å². The van der Waals surface area contributed by atoms with Crippen molar-refractivity contribution in [3.8, 4) is 22.3 Å². The highest BCUT2D eigenvalue weighted by Crippen LogP contribution is 2.43. The van der Waals surface area contributed by atoms with Crippen LogP contribution < -0.4 is 4.90 Å². The predicted molar refractivity (Wildman–Crippen MR) is 214 cm³/mol. The van der Waals surface area contributed by atoms with Gasteiger partial charge in [0.05, 0.1) is 0 Å². The van der Waals surface area contributed by atoms with Crippen LogP contribution in [0.5, 0.6) is 0 Å². The van der Waals surface area contributed by atoms with Gasteiger partial charge in [-0.2, -0.15) is 0 Å². The Labute approximate surface area is 298 Å². The summed E-state index contributed by atoms with van der Waals surface area (Å²) in [5, 5.41) is 6.57. The molecule has 4 nitrogen and oxygen atoms in total. The van der Waals surface area contributed by atoms with E-state index in [1.54, 1.807) is 0 Å². The third kappa shape index (κ3) is 4.41. The highest BCUT2D eigenvalue weighted by Gasteiger charge is 2.19. The zero-order chi connectivity index (χ0) is 34.2. The van der Waals surface area contributed by atoms with Gasteiger partial charge in [0.15, 0.2) is 0 Å². The van der Waals surface area contributed by atoms with Gasteiger partial charge in [-0.25, -0.2) is 0 Å². The van der Waals surface area contributed by atoms with Crippen molar-refractivity contribution in [1.82, 2.24) is 0 Å². The third-order valence-electron chi connectivity index (χ3n) is 10.3. The fourth-order valence-corrected chi connectivity index (χ4v) is 7.87. The zero-order valence-electron chi connectivity index (χ0n) is 27.9. The van der Waals surface area contributed by atoms with E-state index in [4.69, 9.17) is 13.3 Å². The standard InChI is InChI=1S/C48H29NO3/c1-3-11-32(12-4-1)49(33-13-5-2-6-14-33)34-23-26-37-36-24-21-30(27-44(36)51-46(37)29-34)31-22-25-41-45(28-31)50-43-20-10-16-38(47(41)43)40-18-9-17-39-35-15-7-8-19-42(35)52-48(39)40/h1-29H. The van der Waals surface area contributed by atoms with Crippen LogP contribution in [0.25, 0.3) is 88.1 Å². The van der Waals surface area contributed by atoms with Crippen LogP contribution >= 0.6 is 0 Å². The summed E-state index contributed by atoms with van der Waals surface area (Å²) in [5.74, 6) is 0. The molecule has 0 radical (unpaired) electrons. The topological polar surface area (TPSA) is 42.7 Å². The smallest absolute Gasteiger partial charge is 0.143 e. The van der Waals surface area contributed by atoms with Crippen molar-refractivity contribution >= 4 is 82.9 Å². The molecule has 0 saturated heterocycles. The lowest BCUT2D eigenvalue weighted by Crippen LogP contribution is -2.09. The van der Waals surface area contributed by atoms with Crippen LogP contribution in [0.2, 0.25) is 0 Å². The monoisotopic (exact) mass is 667 g/mol. The van der Waals surface area contributed by atoms with Crippen LogP contribution in [0.1, 0.15) is 0 Å². The van der Waals surface area contributed by atoms with Gasteiger partial charge in [-0.1, -0.05) is 97.1 Å². The number of rotatable bonds is 5. The maximum absolute atomic E-state index is 6.58. The van der Waals surface area contributed by atoms with Crippen LogP contribution in [0.15, 0.2) is 189 Å². The Balaban J connectivity index is 1.00. The number of benzene rings is 8. The highest BCUT2D eigenvalue weighted by atomic mass is 16.3. The Kier molecular flexibility index (Phi) is 6.22. The van der Waals surface area contributed by atoms with Gasteiger partial charge in [0, 0.05) is 61.0 Å². The second-order valence-electron chi connectivity index (χ2n) is 13.3. The van der Waals surface area contributed by atoms with E-state index >= 15 is 0 Å². The first kappa shape index (κ1) is 28.8. The molecule has 0 atom stereocenters. The van der Waals surface area contributed by atoms with E-state index in [1.165, 1.54) is 0 Å². The quantitative estimate of drug-likeness (QED) is 0.183. The van der Waals surface area contributed by atoms with E-state index in [9.17, 15) is 0 Å². The fraction of sp³-hybridized carbons (Fsp3) is 0. The van der Waals surface area contributed by atoms with E-state index in [0.29, 0.717) is 0 Å². The molecule has 0 saturated carbocycles. The van der Waals surface area contributed by atoms with Gasteiger partial charge in [-0.05, 0) is 89.5 Å². The summed E-state index contributed by atoms with van der Waals surface area (Å²) in [6, 6.07) is 61.2. The Morgan fingerprint density at radius 2 is 0.846 bits per heavy atom. The molecule has 0 spiro atoms. The molecule has 52 heavy (non-hydrogen) atoms. The fourth-order valence-electron chi connectivity index (χ4n) is 7.87. The second-order valence-corrected chi connectivity index (χ2v) is 13.3. The Bertz CT molecular complexity index is 3090. The van der Waals surface area contributed by atoms with E-state index in [-0.39, 0.29) is 0 Å². The lowest BCUT2D eigenvalue weighted by atomic mass is 9.96. The van der Waals surface area contributed by atoms with E-state index < -0.39 is 0 Å². The SMILES string of the molecule is c1ccc(N(c2ccccc2)c2ccc3c(c2)oc2cc(-c4ccc5c(c4)oc4cccc(-c6cccc7c6oc6ccccc67)c45)ccc23)cc1. The number of nitrogens with zero attached hydrogens (tertiary/aromatic N) is 1. The van der Waals surface area contributed by atoms with Crippen LogP contribution in [-0.4, -0.2) is 0 Å². The summed E-state index contributed by atoms with van der Waals surface area (Å²) in [5.41, 5.74) is 12.7. The van der Waals surface area contributed by atoms with Crippen LogP contribution in [0, 0.1) is 0 Å². The van der Waals surface area contributed by atoms with Gasteiger partial charge < -0.3 is 18.2 Å². The number of anilines is 3. The molecule has 8 aromatic carbocycles. The highest BCUT2D eigenvalue weighted by molar-refractivity contribution is 6.17. The first-order valence-electron chi connectivity index (χ1n) is 17.5. The van der Waals surface area contributed by atoms with Crippen molar-refractivity contribution < 1.29 is 13.3 Å². The van der Waals surface area contributed by atoms with Gasteiger partial charge in [-0.3, -0.25) is 0 Å². The van der Waals surface area contributed by atoms with Crippen molar-refractivity contribution in [2.24, 2.45) is 0 Å². The van der Waals surface area contributed by atoms with E-state index in [0.717, 1.165) is 105 Å². The van der Waals surface area contributed by atoms with Crippen molar-refractivity contribution in [2.45, 2.75) is 0 Å². The molecule has 11 aromatic rings. The Hall–Kier alpha value is -7.04. The third-order valence-corrected chi connectivity index (χ3v) is 10.3. The number of hydrogen-bond acceptors (Lipinski definition) is 4.